The van der Waals surface area contributed by atoms with Crippen LogP contribution in [0.2, 0.25) is 0 Å². The third kappa shape index (κ3) is 3.96. The first-order chi connectivity index (χ1) is 9.29. The molecule has 0 saturated carbocycles. The van der Waals surface area contributed by atoms with Crippen LogP contribution in [-0.2, 0) is 11.0 Å². The van der Waals surface area contributed by atoms with E-state index in [0.29, 0.717) is 12.8 Å². The molecule has 0 aliphatic heterocycles. The summed E-state index contributed by atoms with van der Waals surface area (Å²) >= 11 is 0. The largest absolute Gasteiger partial charge is 0.481 e. The zero-order valence-electron chi connectivity index (χ0n) is 11.0. The van der Waals surface area contributed by atoms with Crippen molar-refractivity contribution in [3.05, 3.63) is 35.4 Å². The van der Waals surface area contributed by atoms with E-state index in [9.17, 15) is 23.1 Å². The van der Waals surface area contributed by atoms with Gasteiger partial charge in [-0.1, -0.05) is 38.0 Å². The van der Waals surface area contributed by atoms with E-state index in [0.717, 1.165) is 12.1 Å². The minimum atomic E-state index is -4.62. The fraction of sp³-hybridized carbons (Fsp3) is 0.500. The van der Waals surface area contributed by atoms with Gasteiger partial charge < -0.3 is 10.2 Å². The number of aliphatic hydroxyl groups excluding tert-OH is 1. The van der Waals surface area contributed by atoms with Gasteiger partial charge >= 0.3 is 12.1 Å². The Labute approximate surface area is 115 Å². The molecule has 0 radical (unpaired) electrons. The molecular formula is C14H17F3O3. The molecule has 0 saturated heterocycles. The Hall–Kier alpha value is -1.56. The highest BCUT2D eigenvalue weighted by Gasteiger charge is 2.37. The molecule has 2 atom stereocenters. The van der Waals surface area contributed by atoms with E-state index in [1.807, 2.05) is 6.92 Å². The second kappa shape index (κ2) is 6.74. The van der Waals surface area contributed by atoms with E-state index in [-0.39, 0.29) is 12.0 Å². The van der Waals surface area contributed by atoms with Crippen molar-refractivity contribution < 1.29 is 28.2 Å². The molecule has 1 aromatic rings. The molecule has 0 fully saturated rings. The zero-order valence-corrected chi connectivity index (χ0v) is 11.0. The number of benzene rings is 1. The van der Waals surface area contributed by atoms with E-state index in [4.69, 9.17) is 5.11 Å². The highest BCUT2D eigenvalue weighted by molar-refractivity contribution is 5.71. The van der Waals surface area contributed by atoms with Crippen molar-refractivity contribution in [1.82, 2.24) is 0 Å². The van der Waals surface area contributed by atoms with Gasteiger partial charge in [-0.2, -0.15) is 13.2 Å². The molecule has 2 unspecified atom stereocenters. The van der Waals surface area contributed by atoms with E-state index >= 15 is 0 Å². The molecule has 0 heterocycles. The Morgan fingerprint density at radius 2 is 1.90 bits per heavy atom. The molecule has 0 bridgehead atoms. The Kier molecular flexibility index (Phi) is 5.56. The summed E-state index contributed by atoms with van der Waals surface area (Å²) in [4.78, 5) is 11.1. The molecule has 3 nitrogen and oxygen atoms in total. The van der Waals surface area contributed by atoms with Crippen LogP contribution in [0.25, 0.3) is 0 Å². The number of carboxylic acids is 1. The van der Waals surface area contributed by atoms with Crippen molar-refractivity contribution in [1.29, 1.82) is 0 Å². The number of carbonyl (C=O) groups is 1. The Morgan fingerprint density at radius 3 is 2.40 bits per heavy atom. The smallest absolute Gasteiger partial charge is 0.416 e. The van der Waals surface area contributed by atoms with Crippen LogP contribution in [0.4, 0.5) is 13.2 Å². The monoisotopic (exact) mass is 290 g/mol. The second-order valence-electron chi connectivity index (χ2n) is 4.62. The minimum Gasteiger partial charge on any atom is -0.481 e. The van der Waals surface area contributed by atoms with Crippen LogP contribution >= 0.6 is 0 Å². The summed E-state index contributed by atoms with van der Waals surface area (Å²) < 4.78 is 38.6. The fourth-order valence-electron chi connectivity index (χ4n) is 2.07. The number of alkyl halides is 3. The first kappa shape index (κ1) is 16.5. The van der Waals surface area contributed by atoms with Crippen molar-refractivity contribution in [3.63, 3.8) is 0 Å². The number of unbranched alkanes of at least 4 members (excludes halogenated alkanes) is 1. The fourth-order valence-corrected chi connectivity index (χ4v) is 2.07. The Morgan fingerprint density at radius 1 is 1.30 bits per heavy atom. The molecule has 6 heteroatoms. The average Bonchev–Trinajstić information content (AvgIpc) is 2.37. The Balaban J connectivity index is 3.12. The molecule has 112 valence electrons. The van der Waals surface area contributed by atoms with Crippen LogP contribution in [0.15, 0.2) is 24.3 Å². The van der Waals surface area contributed by atoms with Gasteiger partial charge in [0.1, 0.15) is 0 Å². The first-order valence-electron chi connectivity index (χ1n) is 6.36. The first-order valence-corrected chi connectivity index (χ1v) is 6.36. The predicted molar refractivity (Wildman–Crippen MR) is 67.1 cm³/mol. The summed E-state index contributed by atoms with van der Waals surface area (Å²) in [6.45, 7) is 1.84. The summed E-state index contributed by atoms with van der Waals surface area (Å²) in [6.07, 6.45) is -4.92. The number of aliphatic carboxylic acids is 1. The lowest BCUT2D eigenvalue weighted by Crippen LogP contribution is -2.24. The lowest BCUT2D eigenvalue weighted by Gasteiger charge is -2.22. The van der Waals surface area contributed by atoms with Crippen molar-refractivity contribution in [2.24, 2.45) is 5.92 Å². The lowest BCUT2D eigenvalue weighted by molar-refractivity contribution is -0.148. The van der Waals surface area contributed by atoms with Gasteiger partial charge in [-0.25, -0.2) is 0 Å². The van der Waals surface area contributed by atoms with Gasteiger partial charge in [-0.3, -0.25) is 4.79 Å². The molecule has 0 aliphatic rings. The van der Waals surface area contributed by atoms with Gasteiger partial charge in [-0.05, 0) is 18.1 Å². The zero-order chi connectivity index (χ0) is 15.3. The van der Waals surface area contributed by atoms with Gasteiger partial charge in [0.05, 0.1) is 17.6 Å². The van der Waals surface area contributed by atoms with Crippen molar-refractivity contribution >= 4 is 5.97 Å². The summed E-state index contributed by atoms with van der Waals surface area (Å²) in [5, 5.41) is 19.1. The molecule has 20 heavy (non-hydrogen) atoms. The topological polar surface area (TPSA) is 57.5 Å². The van der Waals surface area contributed by atoms with Crippen molar-refractivity contribution in [2.75, 3.05) is 0 Å². The van der Waals surface area contributed by atoms with Crippen LogP contribution in [0.1, 0.15) is 43.4 Å². The standard InChI is InChI=1S/C14H17F3O3/c1-2-3-6-10(13(19)20)12(18)9-7-4-5-8-11(9)14(15,16)17/h4-5,7-8,10,12,18H,2-3,6H2,1H3,(H,19,20). The lowest BCUT2D eigenvalue weighted by atomic mass is 9.88. The average molecular weight is 290 g/mol. The molecule has 0 aliphatic carbocycles. The quantitative estimate of drug-likeness (QED) is 0.841. The highest BCUT2D eigenvalue weighted by Crippen LogP contribution is 2.37. The molecule has 2 N–H and O–H groups in total. The summed E-state index contributed by atoms with van der Waals surface area (Å²) in [6, 6.07) is 4.53. The van der Waals surface area contributed by atoms with E-state index in [1.54, 1.807) is 0 Å². The summed E-state index contributed by atoms with van der Waals surface area (Å²) in [5.41, 5.74) is -1.38. The van der Waals surface area contributed by atoms with Crippen LogP contribution in [0, 0.1) is 5.92 Å². The van der Waals surface area contributed by atoms with E-state index in [2.05, 4.69) is 0 Å². The van der Waals surface area contributed by atoms with Gasteiger partial charge in [0.25, 0.3) is 0 Å². The number of hydrogen-bond acceptors (Lipinski definition) is 2. The molecule has 1 rings (SSSR count). The van der Waals surface area contributed by atoms with Crippen molar-refractivity contribution in [2.45, 2.75) is 38.5 Å². The molecular weight excluding hydrogens is 273 g/mol. The Bertz CT molecular complexity index is 457. The number of rotatable bonds is 6. The van der Waals surface area contributed by atoms with Gasteiger partial charge in [0.15, 0.2) is 0 Å². The number of aliphatic hydroxyl groups is 1. The summed E-state index contributed by atoms with van der Waals surface area (Å²) in [7, 11) is 0. The number of hydrogen-bond donors (Lipinski definition) is 2. The predicted octanol–water partition coefficient (Wildman–Crippen LogP) is 3.63. The normalized spacial score (nSPS) is 14.8. The minimum absolute atomic E-state index is 0.138. The van der Waals surface area contributed by atoms with Crippen LogP contribution in [-0.4, -0.2) is 16.2 Å². The van der Waals surface area contributed by atoms with Crippen LogP contribution in [0.5, 0.6) is 0 Å². The summed E-state index contributed by atoms with van der Waals surface area (Å²) in [5.74, 6) is -2.53. The third-order valence-electron chi connectivity index (χ3n) is 3.15. The molecule has 0 spiro atoms. The van der Waals surface area contributed by atoms with Gasteiger partial charge in [-0.15, -0.1) is 0 Å². The maximum absolute atomic E-state index is 12.9. The van der Waals surface area contributed by atoms with E-state index in [1.165, 1.54) is 12.1 Å². The molecule has 0 aromatic heterocycles. The van der Waals surface area contributed by atoms with Gasteiger partial charge in [0.2, 0.25) is 0 Å². The maximum atomic E-state index is 12.9. The number of halogens is 3. The van der Waals surface area contributed by atoms with Gasteiger partial charge in [0, 0.05) is 0 Å². The highest BCUT2D eigenvalue weighted by atomic mass is 19.4. The maximum Gasteiger partial charge on any atom is 0.416 e. The van der Waals surface area contributed by atoms with E-state index < -0.39 is 29.7 Å². The third-order valence-corrected chi connectivity index (χ3v) is 3.15. The van der Waals surface area contributed by atoms with Crippen LogP contribution < -0.4 is 0 Å². The SMILES string of the molecule is CCCCC(C(=O)O)C(O)c1ccccc1C(F)(F)F. The van der Waals surface area contributed by atoms with Crippen molar-refractivity contribution in [3.8, 4) is 0 Å². The molecule has 0 amide bonds. The molecule has 1 aromatic carbocycles. The van der Waals surface area contributed by atoms with Crippen LogP contribution in [0.3, 0.4) is 0 Å². The second-order valence-corrected chi connectivity index (χ2v) is 4.62. The number of carboxylic acid groups (broad SMARTS) is 1.